The summed E-state index contributed by atoms with van der Waals surface area (Å²) >= 11 is 7.84. The van der Waals surface area contributed by atoms with Gasteiger partial charge in [0, 0.05) is 34.1 Å². The standard InChI is InChI=1S/C30H30ClN7O3S.ClH/c1-17-18(2)42-30-26(17)27(20-7-9-21(31)10-8-20)35-23(28-37-36-19(3)38(28)30)16-25(39)33-14-5-15-34-29(40)24-12-11-22(41-24)6-4-13-32;/h7-12,23H,5,13-16,32H2,1-3H3,(H,33,39)(H,34,40);1H/t23-;/m0./s1. The van der Waals surface area contributed by atoms with Crippen molar-refractivity contribution >= 4 is 52.9 Å². The van der Waals surface area contributed by atoms with Gasteiger partial charge in [-0.05, 0) is 62.9 Å². The third-order valence-corrected chi connectivity index (χ3v) is 8.29. The number of carbonyl (C=O) groups is 2. The van der Waals surface area contributed by atoms with Gasteiger partial charge in [-0.25, -0.2) is 0 Å². The van der Waals surface area contributed by atoms with Gasteiger partial charge in [0.1, 0.15) is 16.9 Å². The summed E-state index contributed by atoms with van der Waals surface area (Å²) in [6, 6.07) is 10.2. The molecule has 224 valence electrons. The lowest BCUT2D eigenvalue weighted by molar-refractivity contribution is -0.121. The highest BCUT2D eigenvalue weighted by Crippen LogP contribution is 2.39. The van der Waals surface area contributed by atoms with E-state index in [0.29, 0.717) is 36.1 Å². The first-order chi connectivity index (χ1) is 20.3. The summed E-state index contributed by atoms with van der Waals surface area (Å²) in [5, 5.41) is 16.1. The number of benzene rings is 1. The van der Waals surface area contributed by atoms with Crippen molar-refractivity contribution < 1.29 is 14.0 Å². The Balaban J connectivity index is 0.00000423. The van der Waals surface area contributed by atoms with Crippen molar-refractivity contribution in [3.8, 4) is 16.8 Å². The van der Waals surface area contributed by atoms with Crippen LogP contribution in [0.4, 0.5) is 0 Å². The molecule has 0 aliphatic carbocycles. The zero-order valence-corrected chi connectivity index (χ0v) is 26.3. The second kappa shape index (κ2) is 14.0. The molecule has 0 saturated carbocycles. The van der Waals surface area contributed by atoms with Crippen molar-refractivity contribution in [2.24, 2.45) is 10.7 Å². The minimum atomic E-state index is -0.550. The summed E-state index contributed by atoms with van der Waals surface area (Å²) < 4.78 is 7.42. The lowest BCUT2D eigenvalue weighted by Gasteiger charge is -2.13. The molecule has 0 spiro atoms. The molecule has 0 saturated heterocycles. The number of aromatic nitrogens is 3. The quantitative estimate of drug-likeness (QED) is 0.192. The molecule has 10 nitrogen and oxygen atoms in total. The highest BCUT2D eigenvalue weighted by atomic mass is 35.5. The van der Waals surface area contributed by atoms with E-state index in [1.54, 1.807) is 23.5 Å². The first-order valence-electron chi connectivity index (χ1n) is 13.5. The van der Waals surface area contributed by atoms with Crippen molar-refractivity contribution in [2.75, 3.05) is 19.6 Å². The van der Waals surface area contributed by atoms with Gasteiger partial charge in [-0.15, -0.1) is 33.9 Å². The number of amides is 2. The number of nitrogens with two attached hydrogens (primary N) is 1. The number of thiophene rings is 1. The second-order valence-electron chi connectivity index (χ2n) is 9.74. The van der Waals surface area contributed by atoms with Crippen molar-refractivity contribution in [1.82, 2.24) is 25.4 Å². The molecule has 0 radical (unpaired) electrons. The van der Waals surface area contributed by atoms with Gasteiger partial charge < -0.3 is 20.8 Å². The van der Waals surface area contributed by atoms with Crippen LogP contribution in [0.3, 0.4) is 0 Å². The summed E-state index contributed by atoms with van der Waals surface area (Å²) in [7, 11) is 0. The van der Waals surface area contributed by atoms with Gasteiger partial charge in [0.25, 0.3) is 5.91 Å². The molecular weight excluding hydrogens is 609 g/mol. The highest BCUT2D eigenvalue weighted by Gasteiger charge is 2.32. The summed E-state index contributed by atoms with van der Waals surface area (Å²) in [4.78, 5) is 31.7. The monoisotopic (exact) mass is 639 g/mol. The molecule has 0 bridgehead atoms. The van der Waals surface area contributed by atoms with E-state index in [0.717, 1.165) is 33.2 Å². The number of nitrogens with zero attached hydrogens (tertiary/aromatic N) is 4. The zero-order valence-electron chi connectivity index (χ0n) is 23.9. The number of rotatable bonds is 8. The largest absolute Gasteiger partial charge is 0.443 e. The molecule has 0 fully saturated rings. The Hall–Kier alpha value is -3.95. The summed E-state index contributed by atoms with van der Waals surface area (Å²) in [5.74, 6) is 6.80. The zero-order chi connectivity index (χ0) is 29.8. The number of hydrogen-bond acceptors (Lipinski definition) is 8. The normalized spacial score (nSPS) is 13.4. The number of nitrogens with one attached hydrogen (secondary N) is 2. The third kappa shape index (κ3) is 7.00. The van der Waals surface area contributed by atoms with E-state index in [2.05, 4.69) is 46.5 Å². The maximum absolute atomic E-state index is 13.1. The van der Waals surface area contributed by atoms with Crippen LogP contribution in [-0.4, -0.2) is 51.9 Å². The fraction of sp³-hybridized carbons (Fsp3) is 0.300. The number of aryl methyl sites for hydroxylation is 2. The van der Waals surface area contributed by atoms with Crippen LogP contribution in [0, 0.1) is 32.6 Å². The Morgan fingerprint density at radius 1 is 1.09 bits per heavy atom. The molecule has 13 heteroatoms. The molecule has 5 rings (SSSR count). The van der Waals surface area contributed by atoms with E-state index >= 15 is 0 Å². The number of hydrogen-bond donors (Lipinski definition) is 3. The Bertz CT molecular complexity index is 1730. The molecule has 1 aliphatic rings. The van der Waals surface area contributed by atoms with Gasteiger partial charge in [-0.2, -0.15) is 0 Å². The Morgan fingerprint density at radius 2 is 1.84 bits per heavy atom. The molecular formula is C30H31Cl2N7O3S. The summed E-state index contributed by atoms with van der Waals surface area (Å²) in [6.45, 7) is 7.02. The Morgan fingerprint density at radius 3 is 2.58 bits per heavy atom. The molecule has 43 heavy (non-hydrogen) atoms. The lowest BCUT2D eigenvalue weighted by Crippen LogP contribution is -2.30. The molecule has 2 amide bonds. The number of fused-ring (bicyclic) bond motifs is 3. The molecule has 4 aromatic rings. The summed E-state index contributed by atoms with van der Waals surface area (Å²) in [5.41, 5.74) is 9.20. The van der Waals surface area contributed by atoms with Crippen LogP contribution in [-0.2, 0) is 4.79 Å². The minimum absolute atomic E-state index is 0. The van der Waals surface area contributed by atoms with Crippen molar-refractivity contribution in [2.45, 2.75) is 39.7 Å². The number of aliphatic imine (C=N–C) groups is 1. The maximum Gasteiger partial charge on any atom is 0.287 e. The predicted octanol–water partition coefficient (Wildman–Crippen LogP) is 4.45. The van der Waals surface area contributed by atoms with Crippen LogP contribution < -0.4 is 16.4 Å². The van der Waals surface area contributed by atoms with E-state index in [9.17, 15) is 9.59 Å². The fourth-order valence-corrected chi connectivity index (χ4v) is 5.99. The molecule has 4 heterocycles. The highest BCUT2D eigenvalue weighted by molar-refractivity contribution is 7.15. The van der Waals surface area contributed by atoms with Crippen LogP contribution in [0.25, 0.3) is 5.00 Å². The molecule has 4 N–H and O–H groups in total. The number of halogens is 2. The first kappa shape index (κ1) is 32.0. The Kier molecular flexibility index (Phi) is 10.4. The molecule has 1 aliphatic heterocycles. The van der Waals surface area contributed by atoms with Crippen LogP contribution in [0.5, 0.6) is 0 Å². The van der Waals surface area contributed by atoms with Crippen molar-refractivity contribution in [3.05, 3.63) is 86.2 Å². The van der Waals surface area contributed by atoms with Gasteiger partial charge in [-0.1, -0.05) is 29.7 Å². The lowest BCUT2D eigenvalue weighted by atomic mass is 9.99. The van der Waals surface area contributed by atoms with E-state index in [4.69, 9.17) is 26.7 Å². The van der Waals surface area contributed by atoms with Gasteiger partial charge in [-0.3, -0.25) is 19.1 Å². The topological polar surface area (TPSA) is 140 Å². The molecule has 1 aromatic carbocycles. The van der Waals surface area contributed by atoms with Crippen LogP contribution >= 0.6 is 35.3 Å². The van der Waals surface area contributed by atoms with E-state index < -0.39 is 6.04 Å². The smallest absolute Gasteiger partial charge is 0.287 e. The Labute approximate surface area is 264 Å². The van der Waals surface area contributed by atoms with Crippen LogP contribution in [0.15, 0.2) is 45.8 Å². The molecule has 0 unspecified atom stereocenters. The van der Waals surface area contributed by atoms with Crippen LogP contribution in [0.1, 0.15) is 68.4 Å². The maximum atomic E-state index is 13.1. The number of furan rings is 1. The van der Waals surface area contributed by atoms with Gasteiger partial charge in [0.2, 0.25) is 5.91 Å². The third-order valence-electron chi connectivity index (χ3n) is 6.84. The predicted molar refractivity (Wildman–Crippen MR) is 170 cm³/mol. The van der Waals surface area contributed by atoms with Gasteiger partial charge >= 0.3 is 0 Å². The molecule has 3 aromatic heterocycles. The first-order valence-corrected chi connectivity index (χ1v) is 14.7. The summed E-state index contributed by atoms with van der Waals surface area (Å²) in [6.07, 6.45) is 0.626. The second-order valence-corrected chi connectivity index (χ2v) is 11.4. The average molecular weight is 641 g/mol. The van der Waals surface area contributed by atoms with Crippen molar-refractivity contribution in [1.29, 1.82) is 0 Å². The minimum Gasteiger partial charge on any atom is -0.443 e. The SMILES string of the molecule is Cc1sc2c(c1C)C(c1ccc(Cl)cc1)=N[C@@H](CC(=O)NCCCNC(=O)c1ccc(C#CCN)o1)c1nnc(C)n1-2.Cl. The fourth-order valence-electron chi connectivity index (χ4n) is 4.65. The van der Waals surface area contributed by atoms with Gasteiger partial charge in [0.05, 0.1) is 18.7 Å². The van der Waals surface area contributed by atoms with E-state index in [-0.39, 0.29) is 42.9 Å². The van der Waals surface area contributed by atoms with Gasteiger partial charge in [0.15, 0.2) is 17.3 Å². The van der Waals surface area contributed by atoms with E-state index in [1.165, 1.54) is 4.88 Å². The molecule has 1 atom stereocenters. The van der Waals surface area contributed by atoms with Crippen LogP contribution in [0.2, 0.25) is 5.02 Å². The number of carbonyl (C=O) groups excluding carboxylic acids is 2. The van der Waals surface area contributed by atoms with E-state index in [1.807, 2.05) is 35.8 Å². The average Bonchev–Trinajstić information content (AvgIpc) is 3.65. The van der Waals surface area contributed by atoms with Crippen molar-refractivity contribution in [3.63, 3.8) is 0 Å².